The first-order valence-electron chi connectivity index (χ1n) is 6.61. The van der Waals surface area contributed by atoms with Crippen molar-refractivity contribution < 1.29 is 19.4 Å². The van der Waals surface area contributed by atoms with Crippen molar-refractivity contribution in [2.75, 3.05) is 13.2 Å². The first-order valence-corrected chi connectivity index (χ1v) is 6.99. The quantitative estimate of drug-likeness (QED) is 0.871. The lowest BCUT2D eigenvalue weighted by Gasteiger charge is -2.14. The van der Waals surface area contributed by atoms with E-state index in [1.807, 2.05) is 6.07 Å². The molecule has 0 saturated heterocycles. The van der Waals surface area contributed by atoms with Crippen molar-refractivity contribution in [3.63, 3.8) is 0 Å². The van der Waals surface area contributed by atoms with Crippen LogP contribution in [-0.4, -0.2) is 30.3 Å². The molecule has 0 saturated carbocycles. The summed E-state index contributed by atoms with van der Waals surface area (Å²) < 4.78 is 11.2. The Balaban J connectivity index is 2.07. The first-order chi connectivity index (χ1) is 9.56. The number of hydrogen-bond donors (Lipinski definition) is 2. The SMILES string of the molecule is NC(CCC(=O)O)Cc1cc(Cl)c2c(c1)OCCCO2. The highest BCUT2D eigenvalue weighted by atomic mass is 35.5. The minimum Gasteiger partial charge on any atom is -0.489 e. The van der Waals surface area contributed by atoms with Gasteiger partial charge in [-0.3, -0.25) is 4.79 Å². The van der Waals surface area contributed by atoms with E-state index in [1.54, 1.807) is 6.07 Å². The standard InChI is InChI=1S/C14H18ClNO4/c15-11-7-9(6-10(16)2-3-13(17)18)8-12-14(11)20-5-1-4-19-12/h7-8,10H,1-6,16H2,(H,17,18). The average Bonchev–Trinajstić information content (AvgIpc) is 2.62. The van der Waals surface area contributed by atoms with Crippen LogP contribution in [0.4, 0.5) is 0 Å². The molecule has 2 rings (SSSR count). The van der Waals surface area contributed by atoms with Gasteiger partial charge in [0.25, 0.3) is 0 Å². The molecule has 110 valence electrons. The zero-order chi connectivity index (χ0) is 14.5. The van der Waals surface area contributed by atoms with E-state index >= 15 is 0 Å². The fraction of sp³-hybridized carbons (Fsp3) is 0.500. The van der Waals surface area contributed by atoms with Crippen molar-refractivity contribution in [1.29, 1.82) is 0 Å². The summed E-state index contributed by atoms with van der Waals surface area (Å²) >= 11 is 6.19. The van der Waals surface area contributed by atoms with Crippen LogP contribution in [0.1, 0.15) is 24.8 Å². The second-order valence-electron chi connectivity index (χ2n) is 4.85. The Morgan fingerprint density at radius 3 is 2.90 bits per heavy atom. The smallest absolute Gasteiger partial charge is 0.303 e. The number of carboxylic acids is 1. The fourth-order valence-corrected chi connectivity index (χ4v) is 2.40. The zero-order valence-electron chi connectivity index (χ0n) is 11.1. The molecule has 0 aromatic heterocycles. The summed E-state index contributed by atoms with van der Waals surface area (Å²) in [4.78, 5) is 10.5. The van der Waals surface area contributed by atoms with Gasteiger partial charge in [0.1, 0.15) is 0 Å². The maximum Gasteiger partial charge on any atom is 0.303 e. The molecule has 0 amide bonds. The molecule has 1 unspecified atom stereocenters. The van der Waals surface area contributed by atoms with Crippen molar-refractivity contribution in [1.82, 2.24) is 0 Å². The molecule has 0 fully saturated rings. The molecule has 1 atom stereocenters. The monoisotopic (exact) mass is 299 g/mol. The predicted octanol–water partition coefficient (Wildman–Crippen LogP) is 2.24. The van der Waals surface area contributed by atoms with Crippen molar-refractivity contribution in [2.24, 2.45) is 5.73 Å². The molecule has 0 radical (unpaired) electrons. The number of carboxylic acid groups (broad SMARTS) is 1. The second-order valence-corrected chi connectivity index (χ2v) is 5.26. The van der Waals surface area contributed by atoms with Gasteiger partial charge >= 0.3 is 5.97 Å². The Labute approximate surface area is 122 Å². The van der Waals surface area contributed by atoms with Crippen LogP contribution in [-0.2, 0) is 11.2 Å². The Morgan fingerprint density at radius 1 is 1.40 bits per heavy atom. The van der Waals surface area contributed by atoms with Crippen molar-refractivity contribution in [3.8, 4) is 11.5 Å². The van der Waals surface area contributed by atoms with Gasteiger partial charge in [0.15, 0.2) is 11.5 Å². The predicted molar refractivity (Wildman–Crippen MR) is 75.6 cm³/mol. The van der Waals surface area contributed by atoms with Crippen LogP contribution in [0.2, 0.25) is 5.02 Å². The third kappa shape index (κ3) is 4.02. The Kier molecular flexibility index (Phi) is 5.09. The van der Waals surface area contributed by atoms with E-state index < -0.39 is 5.97 Å². The molecule has 1 aliphatic heterocycles. The van der Waals surface area contributed by atoms with Gasteiger partial charge in [0.05, 0.1) is 18.2 Å². The number of ether oxygens (including phenoxy) is 2. The first kappa shape index (κ1) is 14.9. The molecular formula is C14H18ClNO4. The molecule has 0 spiro atoms. The van der Waals surface area contributed by atoms with E-state index in [9.17, 15) is 4.79 Å². The molecular weight excluding hydrogens is 282 g/mol. The minimum atomic E-state index is -0.836. The summed E-state index contributed by atoms with van der Waals surface area (Å²) in [6, 6.07) is 3.45. The summed E-state index contributed by atoms with van der Waals surface area (Å²) in [6.45, 7) is 1.18. The minimum absolute atomic E-state index is 0.0689. The van der Waals surface area contributed by atoms with E-state index in [1.165, 1.54) is 0 Å². The Hall–Kier alpha value is -1.46. The number of rotatable bonds is 5. The molecule has 0 aliphatic carbocycles. The average molecular weight is 300 g/mol. The summed E-state index contributed by atoms with van der Waals surface area (Å²) in [5.74, 6) is 0.375. The van der Waals surface area contributed by atoms with E-state index in [0.29, 0.717) is 42.6 Å². The van der Waals surface area contributed by atoms with E-state index in [0.717, 1.165) is 12.0 Å². The third-order valence-corrected chi connectivity index (χ3v) is 3.37. The maximum atomic E-state index is 10.5. The van der Waals surface area contributed by atoms with Crippen LogP contribution < -0.4 is 15.2 Å². The number of fused-ring (bicyclic) bond motifs is 1. The van der Waals surface area contributed by atoms with Crippen molar-refractivity contribution in [2.45, 2.75) is 31.7 Å². The lowest BCUT2D eigenvalue weighted by Crippen LogP contribution is -2.23. The second kappa shape index (κ2) is 6.81. The van der Waals surface area contributed by atoms with Crippen LogP contribution in [0, 0.1) is 0 Å². The largest absolute Gasteiger partial charge is 0.489 e. The van der Waals surface area contributed by atoms with Gasteiger partial charge in [0.2, 0.25) is 0 Å². The lowest BCUT2D eigenvalue weighted by atomic mass is 10.0. The normalized spacial score (nSPS) is 15.5. The molecule has 0 bridgehead atoms. The van der Waals surface area contributed by atoms with Gasteiger partial charge in [-0.05, 0) is 30.5 Å². The molecule has 1 aromatic rings. The topological polar surface area (TPSA) is 81.8 Å². The van der Waals surface area contributed by atoms with Crippen LogP contribution in [0.3, 0.4) is 0 Å². The van der Waals surface area contributed by atoms with Gasteiger partial charge in [-0.1, -0.05) is 11.6 Å². The number of aliphatic carboxylic acids is 1. The number of carbonyl (C=O) groups is 1. The van der Waals surface area contributed by atoms with Crippen LogP contribution >= 0.6 is 11.6 Å². The third-order valence-electron chi connectivity index (χ3n) is 3.09. The van der Waals surface area contributed by atoms with E-state index in [2.05, 4.69) is 0 Å². The number of hydrogen-bond acceptors (Lipinski definition) is 4. The molecule has 6 heteroatoms. The molecule has 20 heavy (non-hydrogen) atoms. The van der Waals surface area contributed by atoms with Gasteiger partial charge < -0.3 is 20.3 Å². The Bertz CT molecular complexity index is 492. The van der Waals surface area contributed by atoms with E-state index in [4.69, 9.17) is 31.9 Å². The van der Waals surface area contributed by atoms with Gasteiger partial charge in [-0.15, -0.1) is 0 Å². The Morgan fingerprint density at radius 2 is 2.15 bits per heavy atom. The summed E-state index contributed by atoms with van der Waals surface area (Å²) in [5, 5.41) is 9.15. The maximum absolute atomic E-state index is 10.5. The van der Waals surface area contributed by atoms with Crippen LogP contribution in [0.5, 0.6) is 11.5 Å². The molecule has 1 heterocycles. The van der Waals surface area contributed by atoms with Gasteiger partial charge in [0, 0.05) is 18.9 Å². The summed E-state index contributed by atoms with van der Waals surface area (Å²) in [6.07, 6.45) is 1.88. The molecule has 1 aliphatic rings. The molecule has 5 nitrogen and oxygen atoms in total. The van der Waals surface area contributed by atoms with Crippen molar-refractivity contribution in [3.05, 3.63) is 22.7 Å². The highest BCUT2D eigenvalue weighted by Crippen LogP contribution is 2.38. The molecule has 1 aromatic carbocycles. The highest BCUT2D eigenvalue weighted by Gasteiger charge is 2.17. The summed E-state index contributed by atoms with van der Waals surface area (Å²) in [7, 11) is 0. The number of halogens is 1. The van der Waals surface area contributed by atoms with Crippen LogP contribution in [0.15, 0.2) is 12.1 Å². The molecule has 3 N–H and O–H groups in total. The summed E-state index contributed by atoms with van der Waals surface area (Å²) in [5.41, 5.74) is 6.86. The van der Waals surface area contributed by atoms with Crippen LogP contribution in [0.25, 0.3) is 0 Å². The number of benzene rings is 1. The highest BCUT2D eigenvalue weighted by molar-refractivity contribution is 6.32. The zero-order valence-corrected chi connectivity index (χ0v) is 11.9. The van der Waals surface area contributed by atoms with E-state index in [-0.39, 0.29) is 12.5 Å². The fourth-order valence-electron chi connectivity index (χ4n) is 2.12. The number of nitrogens with two attached hydrogens (primary N) is 1. The van der Waals surface area contributed by atoms with Gasteiger partial charge in [-0.2, -0.15) is 0 Å². The lowest BCUT2D eigenvalue weighted by molar-refractivity contribution is -0.137. The van der Waals surface area contributed by atoms with Crippen molar-refractivity contribution >= 4 is 17.6 Å². The van der Waals surface area contributed by atoms with Gasteiger partial charge in [-0.25, -0.2) is 0 Å².